The van der Waals surface area contributed by atoms with E-state index in [2.05, 4.69) is 45.9 Å². The number of ether oxygens (including phenoxy) is 1. The fraction of sp³-hybridized carbons (Fsp3) is 0.423. The third-order valence-electron chi connectivity index (χ3n) is 5.82. The second-order valence-corrected chi connectivity index (χ2v) is 9.90. The normalized spacial score (nSPS) is 13.9. The molecular weight excluding hydrogens is 498 g/mol. The fourth-order valence-corrected chi connectivity index (χ4v) is 4.14. The molecule has 1 aliphatic carbocycles. The van der Waals surface area contributed by atoms with Crippen LogP contribution in [0, 0.1) is 11.8 Å². The van der Waals surface area contributed by atoms with Crippen LogP contribution in [-0.4, -0.2) is 24.3 Å². The van der Waals surface area contributed by atoms with Gasteiger partial charge in [0.05, 0.1) is 12.2 Å². The zero-order valence-corrected chi connectivity index (χ0v) is 21.2. The Kier molecular flexibility index (Phi) is 9.51. The lowest BCUT2D eigenvalue weighted by atomic mass is 9.88. The summed E-state index contributed by atoms with van der Waals surface area (Å²) in [5, 5.41) is 2.93. The molecule has 0 bridgehead atoms. The molecule has 2 aromatic rings. The van der Waals surface area contributed by atoms with E-state index in [0.29, 0.717) is 35.1 Å². The molecule has 3 N–H and O–H groups in total. The van der Waals surface area contributed by atoms with Gasteiger partial charge in [0.1, 0.15) is 5.75 Å². The summed E-state index contributed by atoms with van der Waals surface area (Å²) in [5.41, 5.74) is 6.20. The van der Waals surface area contributed by atoms with E-state index in [1.54, 1.807) is 42.5 Å². The maximum atomic E-state index is 12.7. The Morgan fingerprint density at radius 2 is 1.65 bits per heavy atom. The highest BCUT2D eigenvalue weighted by atomic mass is 79.9. The number of carbonyl (C=O) groups excluding carboxylic acids is 3. The summed E-state index contributed by atoms with van der Waals surface area (Å²) in [4.78, 5) is 37.6. The van der Waals surface area contributed by atoms with Gasteiger partial charge in [-0.1, -0.05) is 49.0 Å². The van der Waals surface area contributed by atoms with Crippen molar-refractivity contribution < 1.29 is 19.1 Å². The molecule has 8 heteroatoms. The molecule has 1 aliphatic rings. The molecule has 0 spiro atoms. The van der Waals surface area contributed by atoms with E-state index in [1.807, 2.05) is 0 Å². The summed E-state index contributed by atoms with van der Waals surface area (Å²) >= 11 is 3.37. The average molecular weight is 530 g/mol. The number of nitrogens with one attached hydrogen (secondary N) is 3. The lowest BCUT2D eigenvalue weighted by Crippen LogP contribution is -2.41. The molecule has 0 heterocycles. The van der Waals surface area contributed by atoms with Crippen LogP contribution in [0.2, 0.25) is 0 Å². The molecule has 182 valence electrons. The van der Waals surface area contributed by atoms with E-state index in [4.69, 9.17) is 4.74 Å². The molecule has 0 unspecified atom stereocenters. The van der Waals surface area contributed by atoms with Gasteiger partial charge in [-0.15, -0.1) is 0 Å². The predicted octanol–water partition coefficient (Wildman–Crippen LogP) is 5.47. The molecule has 3 amide bonds. The van der Waals surface area contributed by atoms with Gasteiger partial charge in [-0.05, 0) is 67.6 Å². The highest BCUT2D eigenvalue weighted by Crippen LogP contribution is 2.25. The Balaban J connectivity index is 1.54. The van der Waals surface area contributed by atoms with Gasteiger partial charge in [0.15, 0.2) is 0 Å². The molecular formula is C26H32BrN3O4. The molecule has 0 aliphatic heterocycles. The minimum absolute atomic E-state index is 0.0320. The quantitative estimate of drug-likeness (QED) is 0.395. The van der Waals surface area contributed by atoms with Crippen molar-refractivity contribution in [3.05, 3.63) is 58.1 Å². The Labute approximate surface area is 209 Å². The van der Waals surface area contributed by atoms with E-state index in [1.165, 1.54) is 6.42 Å². The molecule has 1 fully saturated rings. The largest absolute Gasteiger partial charge is 0.493 e. The number of hydrogen-bond donors (Lipinski definition) is 3. The standard InChI is InChI=1S/C26H32BrN3O4/c1-17(2)14-15-34-23-13-10-20(27)16-22(23)26(33)30-29-25(32)19-8-11-21(12-9-19)28-24(31)18-6-4-3-5-7-18/h8-13,16-18H,3-7,14-15H2,1-2H3,(H,28,31)(H,29,32)(H,30,33). The first-order chi connectivity index (χ1) is 16.3. The molecule has 0 aromatic heterocycles. The number of rotatable bonds is 8. The van der Waals surface area contributed by atoms with Gasteiger partial charge in [0, 0.05) is 21.6 Å². The van der Waals surface area contributed by atoms with E-state index < -0.39 is 11.8 Å². The van der Waals surface area contributed by atoms with Gasteiger partial charge < -0.3 is 10.1 Å². The SMILES string of the molecule is CC(C)CCOc1ccc(Br)cc1C(=O)NNC(=O)c1ccc(NC(=O)C2CCCCC2)cc1. The second-order valence-electron chi connectivity index (χ2n) is 8.98. The van der Waals surface area contributed by atoms with E-state index in [0.717, 1.165) is 36.6 Å². The van der Waals surface area contributed by atoms with Crippen molar-refractivity contribution in [3.8, 4) is 5.75 Å². The van der Waals surface area contributed by atoms with Crippen LogP contribution < -0.4 is 20.9 Å². The van der Waals surface area contributed by atoms with Crippen LogP contribution in [-0.2, 0) is 4.79 Å². The van der Waals surface area contributed by atoms with Crippen LogP contribution in [0.25, 0.3) is 0 Å². The molecule has 3 rings (SSSR count). The van der Waals surface area contributed by atoms with Crippen molar-refractivity contribution in [2.75, 3.05) is 11.9 Å². The minimum atomic E-state index is -0.481. The van der Waals surface area contributed by atoms with E-state index in [-0.39, 0.29) is 11.8 Å². The van der Waals surface area contributed by atoms with Crippen molar-refractivity contribution >= 4 is 39.3 Å². The van der Waals surface area contributed by atoms with Crippen molar-refractivity contribution in [2.24, 2.45) is 11.8 Å². The zero-order valence-electron chi connectivity index (χ0n) is 19.7. The number of hydrogen-bond acceptors (Lipinski definition) is 4. The van der Waals surface area contributed by atoms with Crippen LogP contribution >= 0.6 is 15.9 Å². The Morgan fingerprint density at radius 3 is 2.32 bits per heavy atom. The van der Waals surface area contributed by atoms with Crippen LogP contribution in [0.3, 0.4) is 0 Å². The maximum Gasteiger partial charge on any atom is 0.273 e. The Hall–Kier alpha value is -2.87. The maximum absolute atomic E-state index is 12.7. The van der Waals surface area contributed by atoms with Crippen LogP contribution in [0.15, 0.2) is 46.9 Å². The first-order valence-electron chi connectivity index (χ1n) is 11.8. The first kappa shape index (κ1) is 25.7. The van der Waals surface area contributed by atoms with Crippen LogP contribution in [0.4, 0.5) is 5.69 Å². The summed E-state index contributed by atoms with van der Waals surface area (Å²) in [6.07, 6.45) is 6.09. The van der Waals surface area contributed by atoms with Gasteiger partial charge in [-0.3, -0.25) is 25.2 Å². The van der Waals surface area contributed by atoms with Gasteiger partial charge in [0.25, 0.3) is 11.8 Å². The van der Waals surface area contributed by atoms with Crippen molar-refractivity contribution in [1.29, 1.82) is 0 Å². The van der Waals surface area contributed by atoms with Crippen LogP contribution in [0.5, 0.6) is 5.75 Å². The predicted molar refractivity (Wildman–Crippen MR) is 136 cm³/mol. The Bertz CT molecular complexity index is 1000. The minimum Gasteiger partial charge on any atom is -0.493 e. The zero-order chi connectivity index (χ0) is 24.5. The third kappa shape index (κ3) is 7.58. The molecule has 1 saturated carbocycles. The number of amides is 3. The topological polar surface area (TPSA) is 96.5 Å². The molecule has 0 saturated heterocycles. The van der Waals surface area contributed by atoms with Gasteiger partial charge in [-0.2, -0.15) is 0 Å². The molecule has 7 nitrogen and oxygen atoms in total. The van der Waals surface area contributed by atoms with Gasteiger partial charge in [0.2, 0.25) is 5.91 Å². The summed E-state index contributed by atoms with van der Waals surface area (Å²) in [6, 6.07) is 11.8. The molecule has 0 radical (unpaired) electrons. The lowest BCUT2D eigenvalue weighted by molar-refractivity contribution is -0.120. The number of anilines is 1. The van der Waals surface area contributed by atoms with Crippen molar-refractivity contribution in [1.82, 2.24) is 10.9 Å². The summed E-state index contributed by atoms with van der Waals surface area (Å²) in [5.74, 6) is 0.0859. The highest BCUT2D eigenvalue weighted by molar-refractivity contribution is 9.10. The van der Waals surface area contributed by atoms with Crippen molar-refractivity contribution in [3.63, 3.8) is 0 Å². The fourth-order valence-electron chi connectivity index (χ4n) is 3.78. The monoisotopic (exact) mass is 529 g/mol. The van der Waals surface area contributed by atoms with Gasteiger partial charge >= 0.3 is 0 Å². The van der Waals surface area contributed by atoms with Gasteiger partial charge in [-0.25, -0.2) is 0 Å². The highest BCUT2D eigenvalue weighted by Gasteiger charge is 2.21. The van der Waals surface area contributed by atoms with E-state index >= 15 is 0 Å². The first-order valence-corrected chi connectivity index (χ1v) is 12.6. The smallest absolute Gasteiger partial charge is 0.273 e. The number of benzene rings is 2. The lowest BCUT2D eigenvalue weighted by Gasteiger charge is -2.20. The summed E-state index contributed by atoms with van der Waals surface area (Å²) < 4.78 is 6.50. The summed E-state index contributed by atoms with van der Waals surface area (Å²) in [7, 11) is 0. The average Bonchev–Trinajstić information content (AvgIpc) is 2.84. The molecule has 0 atom stereocenters. The number of hydrazine groups is 1. The number of halogens is 1. The molecule has 34 heavy (non-hydrogen) atoms. The second kappa shape index (κ2) is 12.6. The molecule has 2 aromatic carbocycles. The number of carbonyl (C=O) groups is 3. The Morgan fingerprint density at radius 1 is 0.971 bits per heavy atom. The third-order valence-corrected chi connectivity index (χ3v) is 6.31. The summed E-state index contributed by atoms with van der Waals surface area (Å²) in [6.45, 7) is 4.70. The van der Waals surface area contributed by atoms with Crippen molar-refractivity contribution in [2.45, 2.75) is 52.4 Å². The van der Waals surface area contributed by atoms with E-state index in [9.17, 15) is 14.4 Å². The van der Waals surface area contributed by atoms with Crippen LogP contribution in [0.1, 0.15) is 73.1 Å².